The second kappa shape index (κ2) is 7.36. The fourth-order valence-electron chi connectivity index (χ4n) is 3.28. The summed E-state index contributed by atoms with van der Waals surface area (Å²) in [7, 11) is 0. The van der Waals surface area contributed by atoms with Crippen LogP contribution in [0.5, 0.6) is 0 Å². The number of hydrogen-bond donors (Lipinski definition) is 1. The van der Waals surface area contributed by atoms with Crippen molar-refractivity contribution in [2.45, 2.75) is 33.2 Å². The zero-order valence-corrected chi connectivity index (χ0v) is 16.2. The fourth-order valence-corrected chi connectivity index (χ4v) is 3.77. The van der Waals surface area contributed by atoms with Gasteiger partial charge >= 0.3 is 0 Å². The van der Waals surface area contributed by atoms with Gasteiger partial charge in [0, 0.05) is 42.0 Å². The Bertz CT molecular complexity index is 803. The van der Waals surface area contributed by atoms with E-state index in [-0.39, 0.29) is 11.9 Å². The number of aryl methyl sites for hydroxylation is 1. The SMILES string of the molecule is Cc1nn(-c2ccc(Cl)cc2Cl)c(C)c1CC(=O)N1CCNCC1C. The summed E-state index contributed by atoms with van der Waals surface area (Å²) in [5, 5.41) is 9.02. The molecule has 1 aliphatic heterocycles. The van der Waals surface area contributed by atoms with E-state index in [4.69, 9.17) is 23.2 Å². The van der Waals surface area contributed by atoms with Crippen LogP contribution in [-0.4, -0.2) is 46.3 Å². The van der Waals surface area contributed by atoms with Crippen molar-refractivity contribution in [3.05, 3.63) is 45.2 Å². The third-order valence-corrected chi connectivity index (χ3v) is 5.27. The number of nitrogens with one attached hydrogen (secondary N) is 1. The van der Waals surface area contributed by atoms with Gasteiger partial charge in [0.15, 0.2) is 0 Å². The summed E-state index contributed by atoms with van der Waals surface area (Å²) in [5.74, 6) is 0.141. The van der Waals surface area contributed by atoms with Crippen LogP contribution < -0.4 is 5.32 Å². The first-order valence-corrected chi connectivity index (χ1v) is 9.14. The molecule has 1 unspecified atom stereocenters. The lowest BCUT2D eigenvalue weighted by Gasteiger charge is -2.34. The van der Waals surface area contributed by atoms with Crippen molar-refractivity contribution < 1.29 is 4.79 Å². The van der Waals surface area contributed by atoms with Gasteiger partial charge in [0.05, 0.1) is 22.8 Å². The molecule has 1 N–H and O–H groups in total. The smallest absolute Gasteiger partial charge is 0.227 e. The first kappa shape index (κ1) is 18.2. The number of benzene rings is 1. The maximum Gasteiger partial charge on any atom is 0.227 e. The average Bonchev–Trinajstić information content (AvgIpc) is 2.83. The van der Waals surface area contributed by atoms with E-state index in [1.807, 2.05) is 24.8 Å². The maximum atomic E-state index is 12.8. The molecule has 1 fully saturated rings. The summed E-state index contributed by atoms with van der Waals surface area (Å²) in [4.78, 5) is 14.7. The molecule has 134 valence electrons. The van der Waals surface area contributed by atoms with Crippen LogP contribution in [0.4, 0.5) is 0 Å². The van der Waals surface area contributed by atoms with Crippen molar-refractivity contribution in [3.63, 3.8) is 0 Å². The summed E-state index contributed by atoms with van der Waals surface area (Å²) in [5.41, 5.74) is 3.50. The van der Waals surface area contributed by atoms with Gasteiger partial charge in [-0.2, -0.15) is 5.10 Å². The number of nitrogens with zero attached hydrogens (tertiary/aromatic N) is 3. The van der Waals surface area contributed by atoms with E-state index in [2.05, 4.69) is 17.3 Å². The quantitative estimate of drug-likeness (QED) is 0.889. The third kappa shape index (κ3) is 3.68. The lowest BCUT2D eigenvalue weighted by molar-refractivity contribution is -0.133. The van der Waals surface area contributed by atoms with Crippen LogP contribution in [0, 0.1) is 13.8 Å². The zero-order chi connectivity index (χ0) is 18.1. The first-order valence-electron chi connectivity index (χ1n) is 8.39. The highest BCUT2D eigenvalue weighted by molar-refractivity contribution is 6.35. The topological polar surface area (TPSA) is 50.2 Å². The molecule has 0 aliphatic carbocycles. The predicted molar refractivity (Wildman–Crippen MR) is 101 cm³/mol. The molecule has 0 radical (unpaired) electrons. The largest absolute Gasteiger partial charge is 0.337 e. The third-order valence-electron chi connectivity index (χ3n) is 4.73. The van der Waals surface area contributed by atoms with Crippen molar-refractivity contribution in [3.8, 4) is 5.69 Å². The Morgan fingerprint density at radius 1 is 1.36 bits per heavy atom. The zero-order valence-electron chi connectivity index (χ0n) is 14.6. The number of rotatable bonds is 3. The lowest BCUT2D eigenvalue weighted by atomic mass is 10.1. The molecule has 1 saturated heterocycles. The normalized spacial score (nSPS) is 17.8. The van der Waals surface area contributed by atoms with E-state index in [1.54, 1.807) is 16.8 Å². The molecular formula is C18H22Cl2N4O. The summed E-state index contributed by atoms with van der Waals surface area (Å²) < 4.78 is 1.79. The number of carbonyl (C=O) groups is 1. The molecule has 3 rings (SSSR count). The van der Waals surface area contributed by atoms with Gasteiger partial charge in [-0.15, -0.1) is 0 Å². The molecule has 0 bridgehead atoms. The van der Waals surface area contributed by atoms with Crippen LogP contribution >= 0.6 is 23.2 Å². The Balaban J connectivity index is 1.88. The summed E-state index contributed by atoms with van der Waals surface area (Å²) in [6, 6.07) is 5.53. The van der Waals surface area contributed by atoms with Gasteiger partial charge in [-0.1, -0.05) is 23.2 Å². The second-order valence-electron chi connectivity index (χ2n) is 6.47. The molecular weight excluding hydrogens is 359 g/mol. The maximum absolute atomic E-state index is 12.8. The molecule has 1 amide bonds. The van der Waals surface area contributed by atoms with Crippen LogP contribution in [0.2, 0.25) is 10.0 Å². The highest BCUT2D eigenvalue weighted by Gasteiger charge is 2.25. The molecule has 1 aliphatic rings. The Kier molecular flexibility index (Phi) is 5.37. The van der Waals surface area contributed by atoms with Gasteiger partial charge in [0.1, 0.15) is 0 Å². The Morgan fingerprint density at radius 2 is 2.12 bits per heavy atom. The van der Waals surface area contributed by atoms with Gasteiger partial charge in [-0.05, 0) is 39.0 Å². The highest BCUT2D eigenvalue weighted by Crippen LogP contribution is 2.27. The van der Waals surface area contributed by atoms with E-state index < -0.39 is 0 Å². The minimum Gasteiger partial charge on any atom is -0.337 e. The van der Waals surface area contributed by atoms with Crippen LogP contribution in [0.15, 0.2) is 18.2 Å². The number of carbonyl (C=O) groups excluding carboxylic acids is 1. The fraction of sp³-hybridized carbons (Fsp3) is 0.444. The van der Waals surface area contributed by atoms with E-state index in [0.29, 0.717) is 16.5 Å². The van der Waals surface area contributed by atoms with Crippen molar-refractivity contribution in [1.82, 2.24) is 20.0 Å². The molecule has 2 heterocycles. The molecule has 1 aromatic heterocycles. The highest BCUT2D eigenvalue weighted by atomic mass is 35.5. The summed E-state index contributed by atoms with van der Waals surface area (Å²) >= 11 is 12.3. The molecule has 5 nitrogen and oxygen atoms in total. The van der Waals surface area contributed by atoms with E-state index in [0.717, 1.165) is 42.3 Å². The van der Waals surface area contributed by atoms with Crippen molar-refractivity contribution >= 4 is 29.1 Å². The van der Waals surface area contributed by atoms with Gasteiger partial charge in [0.2, 0.25) is 5.91 Å². The van der Waals surface area contributed by atoms with Crippen molar-refractivity contribution in [2.75, 3.05) is 19.6 Å². The Labute approximate surface area is 157 Å². The standard InChI is InChI=1S/C18H22Cl2N4O/c1-11-10-21-6-7-23(11)18(25)9-15-12(2)22-24(13(15)3)17-5-4-14(19)8-16(17)20/h4-5,8,11,21H,6-7,9-10H2,1-3H3. The monoisotopic (exact) mass is 380 g/mol. The van der Waals surface area contributed by atoms with Gasteiger partial charge in [-0.3, -0.25) is 4.79 Å². The van der Waals surface area contributed by atoms with Crippen LogP contribution in [0.25, 0.3) is 5.69 Å². The predicted octanol–water partition coefficient (Wildman–Crippen LogP) is 3.16. The number of aromatic nitrogens is 2. The number of piperazine rings is 1. The summed E-state index contributed by atoms with van der Waals surface area (Å²) in [6.07, 6.45) is 0.354. The average molecular weight is 381 g/mol. The van der Waals surface area contributed by atoms with Gasteiger partial charge in [-0.25, -0.2) is 4.68 Å². The second-order valence-corrected chi connectivity index (χ2v) is 7.32. The molecule has 0 saturated carbocycles. The number of hydrogen-bond acceptors (Lipinski definition) is 3. The summed E-state index contributed by atoms with van der Waals surface area (Å²) in [6.45, 7) is 8.39. The van der Waals surface area contributed by atoms with Gasteiger partial charge < -0.3 is 10.2 Å². The Morgan fingerprint density at radius 3 is 2.80 bits per heavy atom. The first-order chi connectivity index (χ1) is 11.9. The Hall–Kier alpha value is -1.56. The molecule has 1 aromatic carbocycles. The van der Waals surface area contributed by atoms with Crippen LogP contribution in [0.3, 0.4) is 0 Å². The van der Waals surface area contributed by atoms with Crippen LogP contribution in [-0.2, 0) is 11.2 Å². The molecule has 2 aromatic rings. The molecule has 0 spiro atoms. The minimum absolute atomic E-state index is 0.141. The van der Waals surface area contributed by atoms with Crippen molar-refractivity contribution in [1.29, 1.82) is 0 Å². The van der Waals surface area contributed by atoms with E-state index >= 15 is 0 Å². The molecule has 1 atom stereocenters. The lowest BCUT2D eigenvalue weighted by Crippen LogP contribution is -2.52. The van der Waals surface area contributed by atoms with E-state index in [1.165, 1.54) is 0 Å². The van der Waals surface area contributed by atoms with Crippen LogP contribution in [0.1, 0.15) is 23.9 Å². The van der Waals surface area contributed by atoms with Crippen molar-refractivity contribution in [2.24, 2.45) is 0 Å². The molecule has 7 heteroatoms. The van der Waals surface area contributed by atoms with E-state index in [9.17, 15) is 4.79 Å². The minimum atomic E-state index is 0.141. The number of halogens is 2. The number of amides is 1. The van der Waals surface area contributed by atoms with Gasteiger partial charge in [0.25, 0.3) is 0 Å². The molecule has 25 heavy (non-hydrogen) atoms.